The molecule has 1 aromatic rings. The van der Waals surface area contributed by atoms with Gasteiger partial charge in [0.15, 0.2) is 11.6 Å². The van der Waals surface area contributed by atoms with Gasteiger partial charge in [0.2, 0.25) is 15.9 Å². The maximum absolute atomic E-state index is 13.7. The third kappa shape index (κ3) is 5.39. The first-order valence-electron chi connectivity index (χ1n) is 6.57. The Hall–Kier alpha value is -1.54. The van der Waals surface area contributed by atoms with Gasteiger partial charge in [-0.05, 0) is 18.6 Å². The van der Waals surface area contributed by atoms with Gasteiger partial charge >= 0.3 is 0 Å². The minimum atomic E-state index is -4.21. The summed E-state index contributed by atoms with van der Waals surface area (Å²) in [5.41, 5.74) is -0.664. The summed E-state index contributed by atoms with van der Waals surface area (Å²) in [6.45, 7) is 2.03. The van der Waals surface area contributed by atoms with Crippen LogP contribution in [0.15, 0.2) is 17.0 Å². The van der Waals surface area contributed by atoms with Gasteiger partial charge in [0.25, 0.3) is 0 Å². The average molecular weight is 320 g/mol. The number of nitrogens with one attached hydrogen (secondary N) is 1. The molecular weight excluding hydrogens is 302 g/mol. The molecule has 0 spiro atoms. The molecule has 0 radical (unpaired) electrons. The maximum Gasteiger partial charge on any atom is 0.238 e. The van der Waals surface area contributed by atoms with E-state index >= 15 is 0 Å². The second-order valence-electron chi connectivity index (χ2n) is 4.67. The molecule has 0 atom stereocenters. The molecule has 0 aliphatic carbocycles. The van der Waals surface area contributed by atoms with Crippen LogP contribution in [0.5, 0.6) is 0 Å². The van der Waals surface area contributed by atoms with E-state index in [1.165, 1.54) is 0 Å². The van der Waals surface area contributed by atoms with Crippen LogP contribution in [0.4, 0.5) is 14.5 Å². The maximum atomic E-state index is 13.7. The highest BCUT2D eigenvalue weighted by Crippen LogP contribution is 2.23. The van der Waals surface area contributed by atoms with Crippen LogP contribution in [-0.4, -0.2) is 14.3 Å². The summed E-state index contributed by atoms with van der Waals surface area (Å²) >= 11 is 0. The summed E-state index contributed by atoms with van der Waals surface area (Å²) in [6, 6.07) is 1.15. The highest BCUT2D eigenvalue weighted by Gasteiger charge is 2.18. The molecule has 0 saturated heterocycles. The lowest BCUT2D eigenvalue weighted by molar-refractivity contribution is -0.116. The lowest BCUT2D eigenvalue weighted by atomic mass is 10.1. The fourth-order valence-corrected chi connectivity index (χ4v) is 2.28. The minimum Gasteiger partial charge on any atom is -0.321 e. The number of halogens is 2. The van der Waals surface area contributed by atoms with E-state index in [4.69, 9.17) is 5.14 Å². The van der Waals surface area contributed by atoms with Gasteiger partial charge in [-0.2, -0.15) is 0 Å². The fourth-order valence-electron chi connectivity index (χ4n) is 1.75. The number of nitrogens with two attached hydrogens (primary N) is 1. The van der Waals surface area contributed by atoms with E-state index in [9.17, 15) is 22.0 Å². The Labute approximate surface area is 122 Å². The molecule has 1 amide bonds. The molecule has 1 aromatic carbocycles. The molecule has 8 heteroatoms. The number of benzene rings is 1. The van der Waals surface area contributed by atoms with Crippen LogP contribution >= 0.6 is 0 Å². The standard InChI is InChI=1S/C13H18F2N2O3S/c1-2-3-4-5-6-12(18)17-13-10(14)7-9(8-11(13)15)21(16,19)20/h7-8H,2-6H2,1H3,(H,17,18)(H2,16,19,20). The molecule has 3 N–H and O–H groups in total. The third-order valence-corrected chi connectivity index (χ3v) is 3.76. The second-order valence-corrected chi connectivity index (χ2v) is 6.23. The summed E-state index contributed by atoms with van der Waals surface area (Å²) in [7, 11) is -4.21. The molecule has 0 unspecified atom stereocenters. The van der Waals surface area contributed by atoms with E-state index < -0.39 is 38.1 Å². The van der Waals surface area contributed by atoms with E-state index in [0.29, 0.717) is 18.6 Å². The Morgan fingerprint density at radius 3 is 2.24 bits per heavy atom. The minimum absolute atomic E-state index is 0.149. The van der Waals surface area contributed by atoms with Crippen LogP contribution < -0.4 is 10.5 Å². The van der Waals surface area contributed by atoms with Crippen molar-refractivity contribution in [1.82, 2.24) is 0 Å². The van der Waals surface area contributed by atoms with E-state index in [2.05, 4.69) is 5.32 Å². The number of unbranched alkanes of at least 4 members (excludes halogenated alkanes) is 3. The van der Waals surface area contributed by atoms with Crippen LogP contribution in [-0.2, 0) is 14.8 Å². The van der Waals surface area contributed by atoms with E-state index in [0.717, 1.165) is 19.3 Å². The van der Waals surface area contributed by atoms with Gasteiger partial charge in [-0.1, -0.05) is 26.2 Å². The zero-order valence-electron chi connectivity index (χ0n) is 11.7. The summed E-state index contributed by atoms with van der Waals surface area (Å²) in [5.74, 6) is -2.88. The number of anilines is 1. The number of primary sulfonamides is 1. The van der Waals surface area contributed by atoms with Crippen LogP contribution in [0.25, 0.3) is 0 Å². The first-order valence-corrected chi connectivity index (χ1v) is 8.12. The molecule has 1 rings (SSSR count). The van der Waals surface area contributed by atoms with Crippen molar-refractivity contribution in [1.29, 1.82) is 0 Å². The Kier molecular flexibility index (Phi) is 6.22. The number of hydrogen-bond donors (Lipinski definition) is 2. The molecule has 0 aliphatic rings. The SMILES string of the molecule is CCCCCCC(=O)Nc1c(F)cc(S(N)(=O)=O)cc1F. The number of sulfonamides is 1. The summed E-state index contributed by atoms with van der Waals surface area (Å²) < 4.78 is 49.4. The Morgan fingerprint density at radius 2 is 1.76 bits per heavy atom. The number of rotatable bonds is 7. The second kappa shape index (κ2) is 7.46. The molecule has 21 heavy (non-hydrogen) atoms. The molecule has 0 aromatic heterocycles. The van der Waals surface area contributed by atoms with Crippen LogP contribution in [0.3, 0.4) is 0 Å². The molecule has 0 saturated carbocycles. The highest BCUT2D eigenvalue weighted by molar-refractivity contribution is 7.89. The quantitative estimate of drug-likeness (QED) is 0.757. The Bertz CT molecular complexity index is 595. The van der Waals surface area contributed by atoms with Crippen LogP contribution in [0.2, 0.25) is 0 Å². The van der Waals surface area contributed by atoms with E-state index in [-0.39, 0.29) is 6.42 Å². The molecular formula is C13H18F2N2O3S. The predicted octanol–water partition coefficient (Wildman–Crippen LogP) is 2.52. The monoisotopic (exact) mass is 320 g/mol. The first-order chi connectivity index (χ1) is 9.75. The van der Waals surface area contributed by atoms with E-state index in [1.807, 2.05) is 6.92 Å². The Morgan fingerprint density at radius 1 is 1.19 bits per heavy atom. The zero-order chi connectivity index (χ0) is 16.0. The summed E-state index contributed by atoms with van der Waals surface area (Å²) in [6.07, 6.45) is 3.63. The molecule has 118 valence electrons. The molecule has 0 fully saturated rings. The van der Waals surface area contributed by atoms with Gasteiger partial charge in [-0.15, -0.1) is 0 Å². The first kappa shape index (κ1) is 17.5. The fraction of sp³-hybridized carbons (Fsp3) is 0.462. The van der Waals surface area contributed by atoms with Gasteiger partial charge in [-0.3, -0.25) is 4.79 Å². The number of carbonyl (C=O) groups is 1. The molecule has 0 bridgehead atoms. The van der Waals surface area contributed by atoms with Crippen molar-refractivity contribution >= 4 is 21.6 Å². The smallest absolute Gasteiger partial charge is 0.238 e. The van der Waals surface area contributed by atoms with Gasteiger partial charge in [0, 0.05) is 6.42 Å². The van der Waals surface area contributed by atoms with Crippen molar-refractivity contribution in [3.8, 4) is 0 Å². The van der Waals surface area contributed by atoms with Gasteiger partial charge in [-0.25, -0.2) is 22.3 Å². The van der Waals surface area contributed by atoms with Crippen molar-refractivity contribution in [2.45, 2.75) is 43.9 Å². The molecule has 0 heterocycles. The van der Waals surface area contributed by atoms with Crippen molar-refractivity contribution < 1.29 is 22.0 Å². The number of amides is 1. The lowest BCUT2D eigenvalue weighted by Crippen LogP contribution is -2.16. The number of hydrogen-bond acceptors (Lipinski definition) is 3. The van der Waals surface area contributed by atoms with Gasteiger partial charge in [0.1, 0.15) is 5.69 Å². The lowest BCUT2D eigenvalue weighted by Gasteiger charge is -2.09. The largest absolute Gasteiger partial charge is 0.321 e. The average Bonchev–Trinajstić information content (AvgIpc) is 2.37. The number of carbonyl (C=O) groups excluding carboxylic acids is 1. The van der Waals surface area contributed by atoms with Crippen LogP contribution in [0, 0.1) is 11.6 Å². The summed E-state index contributed by atoms with van der Waals surface area (Å²) in [5, 5.41) is 6.90. The van der Waals surface area contributed by atoms with Gasteiger partial charge < -0.3 is 5.32 Å². The van der Waals surface area contributed by atoms with Crippen molar-refractivity contribution in [2.75, 3.05) is 5.32 Å². The van der Waals surface area contributed by atoms with E-state index in [1.54, 1.807) is 0 Å². The Balaban J connectivity index is 2.78. The third-order valence-electron chi connectivity index (χ3n) is 2.87. The highest BCUT2D eigenvalue weighted by atomic mass is 32.2. The molecule has 5 nitrogen and oxygen atoms in total. The van der Waals surface area contributed by atoms with Crippen molar-refractivity contribution in [3.63, 3.8) is 0 Å². The summed E-state index contributed by atoms with van der Waals surface area (Å²) in [4.78, 5) is 10.9. The van der Waals surface area contributed by atoms with Crippen molar-refractivity contribution in [2.24, 2.45) is 5.14 Å². The van der Waals surface area contributed by atoms with Crippen LogP contribution in [0.1, 0.15) is 39.0 Å². The normalized spacial score (nSPS) is 11.4. The van der Waals surface area contributed by atoms with Crippen molar-refractivity contribution in [3.05, 3.63) is 23.8 Å². The topological polar surface area (TPSA) is 89.3 Å². The predicted molar refractivity (Wildman–Crippen MR) is 75.1 cm³/mol. The zero-order valence-corrected chi connectivity index (χ0v) is 12.5. The van der Waals surface area contributed by atoms with Gasteiger partial charge in [0.05, 0.1) is 4.90 Å². The molecule has 0 aliphatic heterocycles.